The van der Waals surface area contributed by atoms with Crippen LogP contribution in [-0.4, -0.2) is 77.1 Å². The molecule has 47 heavy (non-hydrogen) atoms. The quantitative estimate of drug-likeness (QED) is 0.200. The summed E-state index contributed by atoms with van der Waals surface area (Å²) in [5.74, 6) is 0.464. The number of benzene rings is 3. The summed E-state index contributed by atoms with van der Waals surface area (Å²) < 4.78 is 52.9. The first-order valence-corrected chi connectivity index (χ1v) is 15.1. The van der Waals surface area contributed by atoms with E-state index in [1.54, 1.807) is 42.4 Å². The largest absolute Gasteiger partial charge is 0.495 e. The lowest BCUT2D eigenvalue weighted by molar-refractivity contribution is -0.137. The molecule has 13 heteroatoms. The van der Waals surface area contributed by atoms with Crippen LogP contribution in [0.15, 0.2) is 67.1 Å². The summed E-state index contributed by atoms with van der Waals surface area (Å²) in [5.41, 5.74) is 3.89. The highest BCUT2D eigenvalue weighted by Gasteiger charge is 2.30. The van der Waals surface area contributed by atoms with E-state index in [1.165, 1.54) is 12.1 Å². The fraction of sp³-hybridized carbons (Fsp3) is 0.294. The number of rotatable bonds is 9. The van der Waals surface area contributed by atoms with Crippen molar-refractivity contribution in [2.45, 2.75) is 13.1 Å². The minimum Gasteiger partial charge on any atom is -0.495 e. The van der Waals surface area contributed by atoms with Crippen LogP contribution in [0.25, 0.3) is 33.2 Å². The van der Waals surface area contributed by atoms with Gasteiger partial charge in [-0.15, -0.1) is 0 Å². The average Bonchev–Trinajstić information content (AvgIpc) is 3.49. The Kier molecular flexibility index (Phi) is 9.10. The highest BCUT2D eigenvalue weighted by atomic mass is 19.4. The summed E-state index contributed by atoms with van der Waals surface area (Å²) in [5, 5.41) is 11.1. The van der Waals surface area contributed by atoms with Crippen molar-refractivity contribution in [3.8, 4) is 28.0 Å². The second kappa shape index (κ2) is 13.4. The normalized spacial score (nSPS) is 13.9. The Morgan fingerprint density at radius 2 is 1.87 bits per heavy atom. The SMILES string of the molecule is COc1c(-c2cc(C(=O)Nc3cccc(C(F)(F)F)c3)ccc2C)cc2cnc(NCCN3CCOCC3)nc2c1-c1cnn(C)c1. The number of hydrogen-bond acceptors (Lipinski definition) is 8. The molecule has 3 heterocycles. The Hall–Kier alpha value is -5.01. The Bertz CT molecular complexity index is 1920. The number of carbonyl (C=O) groups excluding carboxylic acids is 1. The van der Waals surface area contributed by atoms with Crippen LogP contribution in [0.3, 0.4) is 0 Å². The van der Waals surface area contributed by atoms with E-state index in [9.17, 15) is 18.0 Å². The van der Waals surface area contributed by atoms with Gasteiger partial charge in [0.2, 0.25) is 5.95 Å². The molecule has 1 fully saturated rings. The van der Waals surface area contributed by atoms with E-state index in [1.807, 2.05) is 26.2 Å². The van der Waals surface area contributed by atoms with Gasteiger partial charge in [-0.05, 0) is 54.4 Å². The van der Waals surface area contributed by atoms with Crippen molar-refractivity contribution >= 4 is 28.4 Å². The maximum absolute atomic E-state index is 13.3. The summed E-state index contributed by atoms with van der Waals surface area (Å²) in [6, 6.07) is 11.6. The Morgan fingerprint density at radius 1 is 1.06 bits per heavy atom. The fourth-order valence-corrected chi connectivity index (χ4v) is 5.66. The van der Waals surface area contributed by atoms with Gasteiger partial charge in [-0.3, -0.25) is 14.4 Å². The lowest BCUT2D eigenvalue weighted by atomic mass is 9.92. The number of nitrogens with one attached hydrogen (secondary N) is 2. The standard InChI is InChI=1S/C34H34F3N7O3/c1-21-7-8-22(32(45)41-26-6-4-5-25(17-26)34(35,36)37)15-27(21)28-16-23-18-39-33(38-9-10-44-11-13-47-14-12-44)42-30(23)29(31(28)46-3)24-19-40-43(2)20-24/h4-8,15-20H,9-14H2,1-3H3,(H,41,45)(H,38,39,42). The number of carbonyl (C=O) groups is 1. The van der Waals surface area contributed by atoms with Gasteiger partial charge in [-0.25, -0.2) is 9.97 Å². The van der Waals surface area contributed by atoms with Gasteiger partial charge in [0.1, 0.15) is 5.75 Å². The van der Waals surface area contributed by atoms with Crippen LogP contribution >= 0.6 is 0 Å². The second-order valence-electron chi connectivity index (χ2n) is 11.3. The maximum atomic E-state index is 13.3. The number of hydrogen-bond donors (Lipinski definition) is 2. The van der Waals surface area contributed by atoms with E-state index < -0.39 is 17.6 Å². The minimum absolute atomic E-state index is 0.0422. The molecule has 1 amide bonds. The minimum atomic E-state index is -4.53. The zero-order valence-corrected chi connectivity index (χ0v) is 26.2. The first-order valence-electron chi connectivity index (χ1n) is 15.1. The van der Waals surface area contributed by atoms with Gasteiger partial charge in [-0.2, -0.15) is 18.3 Å². The Labute approximate surface area is 269 Å². The molecule has 0 atom stereocenters. The number of anilines is 2. The van der Waals surface area contributed by atoms with Crippen molar-refractivity contribution in [1.82, 2.24) is 24.6 Å². The number of morpholine rings is 1. The number of ether oxygens (including phenoxy) is 2. The molecular formula is C34H34F3N7O3. The molecule has 3 aromatic carbocycles. The number of methoxy groups -OCH3 is 1. The van der Waals surface area contributed by atoms with Gasteiger partial charge in [0.05, 0.1) is 43.2 Å². The number of nitrogens with zero attached hydrogens (tertiary/aromatic N) is 5. The molecule has 2 aromatic heterocycles. The summed E-state index contributed by atoms with van der Waals surface area (Å²) >= 11 is 0. The van der Waals surface area contributed by atoms with Crippen molar-refractivity contribution in [3.05, 3.63) is 83.8 Å². The van der Waals surface area contributed by atoms with Crippen LogP contribution in [-0.2, 0) is 18.0 Å². The lowest BCUT2D eigenvalue weighted by Gasteiger charge is -2.26. The third-order valence-corrected chi connectivity index (χ3v) is 8.08. The van der Waals surface area contributed by atoms with E-state index in [2.05, 4.69) is 25.6 Å². The zero-order valence-electron chi connectivity index (χ0n) is 26.2. The van der Waals surface area contributed by atoms with Gasteiger partial charge >= 0.3 is 6.18 Å². The van der Waals surface area contributed by atoms with Crippen molar-refractivity contribution in [1.29, 1.82) is 0 Å². The molecule has 1 saturated heterocycles. The highest BCUT2D eigenvalue weighted by molar-refractivity contribution is 6.06. The summed E-state index contributed by atoms with van der Waals surface area (Å²) in [7, 11) is 3.40. The molecule has 0 saturated carbocycles. The number of amides is 1. The van der Waals surface area contributed by atoms with Crippen molar-refractivity contribution in [2.75, 3.05) is 57.1 Å². The molecule has 6 rings (SSSR count). The molecular weight excluding hydrogens is 611 g/mol. The van der Waals surface area contributed by atoms with Crippen LogP contribution in [0.5, 0.6) is 5.75 Å². The summed E-state index contributed by atoms with van der Waals surface area (Å²) in [4.78, 5) is 25.1. The Balaban J connectivity index is 1.37. The first kappa shape index (κ1) is 32.0. The molecule has 0 radical (unpaired) electrons. The van der Waals surface area contributed by atoms with E-state index >= 15 is 0 Å². The van der Waals surface area contributed by atoms with Crippen molar-refractivity contribution in [2.24, 2.45) is 7.05 Å². The van der Waals surface area contributed by atoms with Gasteiger partial charge in [-0.1, -0.05) is 12.1 Å². The van der Waals surface area contributed by atoms with Crippen molar-refractivity contribution in [3.63, 3.8) is 0 Å². The number of aromatic nitrogens is 4. The summed E-state index contributed by atoms with van der Waals surface area (Å²) in [6.07, 6.45) is 0.836. The smallest absolute Gasteiger partial charge is 0.416 e. The highest BCUT2D eigenvalue weighted by Crippen LogP contribution is 2.44. The molecule has 0 bridgehead atoms. The van der Waals surface area contributed by atoms with E-state index in [4.69, 9.17) is 14.5 Å². The van der Waals surface area contributed by atoms with E-state index in [-0.39, 0.29) is 11.3 Å². The van der Waals surface area contributed by atoms with E-state index in [0.717, 1.165) is 61.5 Å². The van der Waals surface area contributed by atoms with Gasteiger partial charge in [0.15, 0.2) is 0 Å². The number of aryl methyl sites for hydroxylation is 2. The molecule has 5 aromatic rings. The number of fused-ring (bicyclic) bond motifs is 1. The third-order valence-electron chi connectivity index (χ3n) is 8.08. The topological polar surface area (TPSA) is 106 Å². The van der Waals surface area contributed by atoms with Gasteiger partial charge < -0.3 is 20.1 Å². The zero-order chi connectivity index (χ0) is 33.1. The molecule has 1 aliphatic heterocycles. The average molecular weight is 646 g/mol. The predicted molar refractivity (Wildman–Crippen MR) is 174 cm³/mol. The first-order chi connectivity index (χ1) is 22.6. The lowest BCUT2D eigenvalue weighted by Crippen LogP contribution is -2.39. The van der Waals surface area contributed by atoms with Crippen LogP contribution in [0.4, 0.5) is 24.8 Å². The second-order valence-corrected chi connectivity index (χ2v) is 11.3. The molecule has 2 N–H and O–H groups in total. The Morgan fingerprint density at radius 3 is 2.60 bits per heavy atom. The van der Waals surface area contributed by atoms with Crippen LogP contribution < -0.4 is 15.4 Å². The number of alkyl halides is 3. The monoisotopic (exact) mass is 645 g/mol. The summed E-state index contributed by atoms with van der Waals surface area (Å²) in [6.45, 7) is 6.64. The molecule has 10 nitrogen and oxygen atoms in total. The van der Waals surface area contributed by atoms with Crippen molar-refractivity contribution < 1.29 is 27.4 Å². The maximum Gasteiger partial charge on any atom is 0.416 e. The van der Waals surface area contributed by atoms with Crippen LogP contribution in [0.2, 0.25) is 0 Å². The molecule has 1 aliphatic rings. The molecule has 244 valence electrons. The molecule has 0 unspecified atom stereocenters. The van der Waals surface area contributed by atoms with Gasteiger partial charge in [0, 0.05) is 73.4 Å². The van der Waals surface area contributed by atoms with Crippen LogP contribution in [0, 0.1) is 6.92 Å². The third kappa shape index (κ3) is 7.05. The fourth-order valence-electron chi connectivity index (χ4n) is 5.66. The number of halogens is 3. The predicted octanol–water partition coefficient (Wildman–Crippen LogP) is 6.03. The van der Waals surface area contributed by atoms with Crippen LogP contribution in [0.1, 0.15) is 21.5 Å². The molecule has 0 aliphatic carbocycles. The van der Waals surface area contributed by atoms with E-state index in [0.29, 0.717) is 40.4 Å². The molecule has 0 spiro atoms. The van der Waals surface area contributed by atoms with Gasteiger partial charge in [0.25, 0.3) is 5.91 Å².